The number of halogens is 1. The van der Waals surface area contributed by atoms with Gasteiger partial charge in [-0.25, -0.2) is 4.39 Å². The van der Waals surface area contributed by atoms with E-state index in [1.165, 1.54) is 0 Å². The van der Waals surface area contributed by atoms with Gasteiger partial charge in [0.25, 0.3) is 0 Å². The van der Waals surface area contributed by atoms with E-state index in [4.69, 9.17) is 4.42 Å². The number of rotatable bonds is 2. The first-order valence-electron chi connectivity index (χ1n) is 10.4. The number of fused-ring (bicyclic) bond motifs is 4. The third-order valence-electron chi connectivity index (χ3n) is 5.95. The standard InChI is InChI=1S/C28H18FNO2/c1-16-14-22-18-7-3-5-9-25(18)32-28(22)23(15-16)27-21-11-10-19(17-6-2-4-8-24(17)31)26(29)20(21)12-13-30-27/h2-15,31H,1H3. The molecule has 0 aliphatic carbocycles. The predicted octanol–water partition coefficient (Wildman–Crippen LogP) is 7.62. The number of benzene rings is 4. The lowest BCUT2D eigenvalue weighted by atomic mass is 9.96. The van der Waals surface area contributed by atoms with E-state index in [-0.39, 0.29) is 11.6 Å². The SMILES string of the molecule is Cc1cc(-c2nccc3c(F)c(-c4ccccc4O)ccc23)c2oc3ccccc3c2c1. The Bertz CT molecular complexity index is 1670. The molecule has 0 amide bonds. The monoisotopic (exact) mass is 419 g/mol. The molecule has 0 unspecified atom stereocenters. The van der Waals surface area contributed by atoms with E-state index >= 15 is 4.39 Å². The average molecular weight is 419 g/mol. The third kappa shape index (κ3) is 2.70. The highest BCUT2D eigenvalue weighted by Crippen LogP contribution is 2.40. The van der Waals surface area contributed by atoms with Crippen molar-refractivity contribution in [2.75, 3.05) is 0 Å². The Labute approximate surface area is 183 Å². The molecule has 0 atom stereocenters. The second-order valence-corrected chi connectivity index (χ2v) is 7.99. The van der Waals surface area contributed by atoms with Crippen molar-refractivity contribution >= 4 is 32.7 Å². The quantitative estimate of drug-likeness (QED) is 0.314. The van der Waals surface area contributed by atoms with Crippen LogP contribution in [-0.2, 0) is 0 Å². The van der Waals surface area contributed by atoms with Crippen molar-refractivity contribution in [1.29, 1.82) is 0 Å². The number of hydrogen-bond acceptors (Lipinski definition) is 3. The van der Waals surface area contributed by atoms with Crippen LogP contribution >= 0.6 is 0 Å². The molecule has 0 saturated carbocycles. The van der Waals surface area contributed by atoms with Gasteiger partial charge in [-0.05, 0) is 42.8 Å². The van der Waals surface area contributed by atoms with Crippen LogP contribution in [0.15, 0.2) is 89.5 Å². The second kappa shape index (κ2) is 6.92. The number of aryl methyl sites for hydroxylation is 1. The number of furan rings is 1. The normalized spacial score (nSPS) is 11.6. The molecule has 6 rings (SSSR count). The van der Waals surface area contributed by atoms with E-state index in [2.05, 4.69) is 11.1 Å². The Hall–Kier alpha value is -4.18. The molecule has 4 heteroatoms. The Morgan fingerprint density at radius 3 is 2.44 bits per heavy atom. The lowest BCUT2D eigenvalue weighted by molar-refractivity contribution is 0.477. The van der Waals surface area contributed by atoms with Gasteiger partial charge in [0.2, 0.25) is 0 Å². The molecule has 0 radical (unpaired) electrons. The van der Waals surface area contributed by atoms with Crippen LogP contribution in [0.1, 0.15) is 5.56 Å². The minimum Gasteiger partial charge on any atom is -0.507 e. The molecule has 0 bridgehead atoms. The van der Waals surface area contributed by atoms with Crippen molar-refractivity contribution in [3.05, 3.63) is 96.4 Å². The maximum absolute atomic E-state index is 15.6. The van der Waals surface area contributed by atoms with Crippen LogP contribution in [0, 0.1) is 12.7 Å². The van der Waals surface area contributed by atoms with Gasteiger partial charge in [0.05, 0.1) is 5.69 Å². The van der Waals surface area contributed by atoms with E-state index in [9.17, 15) is 5.11 Å². The van der Waals surface area contributed by atoms with Crippen molar-refractivity contribution in [3.63, 3.8) is 0 Å². The molecular weight excluding hydrogens is 401 g/mol. The maximum Gasteiger partial charge on any atom is 0.144 e. The van der Waals surface area contributed by atoms with Crippen LogP contribution in [0.2, 0.25) is 0 Å². The van der Waals surface area contributed by atoms with Crippen LogP contribution in [0.5, 0.6) is 5.75 Å². The molecule has 2 aromatic heterocycles. The lowest BCUT2D eigenvalue weighted by Gasteiger charge is -2.12. The number of hydrogen-bond donors (Lipinski definition) is 1. The van der Waals surface area contributed by atoms with Gasteiger partial charge in [-0.1, -0.05) is 48.5 Å². The van der Waals surface area contributed by atoms with Gasteiger partial charge in [0, 0.05) is 44.4 Å². The van der Waals surface area contributed by atoms with E-state index < -0.39 is 0 Å². The van der Waals surface area contributed by atoms with Gasteiger partial charge in [-0.3, -0.25) is 4.98 Å². The molecular formula is C28H18FNO2. The van der Waals surface area contributed by atoms with Crippen LogP contribution in [-0.4, -0.2) is 10.1 Å². The molecule has 6 aromatic rings. The summed E-state index contributed by atoms with van der Waals surface area (Å²) in [6, 6.07) is 24.1. The Kier molecular flexibility index (Phi) is 4.02. The van der Waals surface area contributed by atoms with Crippen molar-refractivity contribution in [3.8, 4) is 28.1 Å². The van der Waals surface area contributed by atoms with E-state index in [0.29, 0.717) is 27.6 Å². The Morgan fingerprint density at radius 2 is 1.56 bits per heavy atom. The highest BCUT2D eigenvalue weighted by Gasteiger charge is 2.19. The first kappa shape index (κ1) is 18.6. The fraction of sp³-hybridized carbons (Fsp3) is 0.0357. The zero-order valence-corrected chi connectivity index (χ0v) is 17.3. The number of nitrogens with zero attached hydrogens (tertiary/aromatic N) is 1. The topological polar surface area (TPSA) is 46.3 Å². The van der Waals surface area contributed by atoms with E-state index in [1.807, 2.05) is 43.3 Å². The predicted molar refractivity (Wildman–Crippen MR) is 126 cm³/mol. The van der Waals surface area contributed by atoms with Crippen molar-refractivity contribution < 1.29 is 13.9 Å². The maximum atomic E-state index is 15.6. The van der Waals surface area contributed by atoms with E-state index in [1.54, 1.807) is 42.6 Å². The number of pyridine rings is 1. The minimum atomic E-state index is -0.388. The summed E-state index contributed by atoms with van der Waals surface area (Å²) >= 11 is 0. The molecule has 4 aromatic carbocycles. The van der Waals surface area contributed by atoms with Gasteiger partial charge in [-0.2, -0.15) is 0 Å². The van der Waals surface area contributed by atoms with Gasteiger partial charge < -0.3 is 9.52 Å². The number of aromatic nitrogens is 1. The Balaban J connectivity index is 1.65. The molecule has 3 nitrogen and oxygen atoms in total. The van der Waals surface area contributed by atoms with E-state index in [0.717, 1.165) is 33.1 Å². The highest BCUT2D eigenvalue weighted by molar-refractivity contribution is 6.12. The fourth-order valence-corrected chi connectivity index (χ4v) is 4.49. The fourth-order valence-electron chi connectivity index (χ4n) is 4.49. The first-order chi connectivity index (χ1) is 15.6. The van der Waals surface area contributed by atoms with Gasteiger partial charge >= 0.3 is 0 Å². The summed E-state index contributed by atoms with van der Waals surface area (Å²) in [5.41, 5.74) is 4.93. The minimum absolute atomic E-state index is 0.0442. The summed E-state index contributed by atoms with van der Waals surface area (Å²) in [6.45, 7) is 2.03. The van der Waals surface area contributed by atoms with Crippen molar-refractivity contribution in [2.45, 2.75) is 6.92 Å². The molecule has 0 aliphatic rings. The zero-order valence-electron chi connectivity index (χ0n) is 17.3. The smallest absolute Gasteiger partial charge is 0.144 e. The Morgan fingerprint density at radius 1 is 0.750 bits per heavy atom. The van der Waals surface area contributed by atoms with Crippen LogP contribution in [0.25, 0.3) is 55.1 Å². The molecule has 1 N–H and O–H groups in total. The van der Waals surface area contributed by atoms with Crippen LogP contribution in [0.4, 0.5) is 4.39 Å². The molecule has 154 valence electrons. The van der Waals surface area contributed by atoms with Gasteiger partial charge in [0.15, 0.2) is 0 Å². The molecule has 0 saturated heterocycles. The molecule has 32 heavy (non-hydrogen) atoms. The summed E-state index contributed by atoms with van der Waals surface area (Å²) in [5, 5.41) is 13.4. The molecule has 0 aliphatic heterocycles. The molecule has 0 spiro atoms. The first-order valence-corrected chi connectivity index (χ1v) is 10.4. The van der Waals surface area contributed by atoms with Crippen molar-refractivity contribution in [2.24, 2.45) is 0 Å². The van der Waals surface area contributed by atoms with Gasteiger partial charge in [-0.15, -0.1) is 0 Å². The highest BCUT2D eigenvalue weighted by atomic mass is 19.1. The third-order valence-corrected chi connectivity index (χ3v) is 5.95. The summed E-state index contributed by atoms with van der Waals surface area (Å²) in [5.74, 6) is -0.344. The summed E-state index contributed by atoms with van der Waals surface area (Å²) < 4.78 is 21.8. The zero-order chi connectivity index (χ0) is 21.8. The summed E-state index contributed by atoms with van der Waals surface area (Å²) in [4.78, 5) is 4.62. The lowest BCUT2D eigenvalue weighted by Crippen LogP contribution is -1.92. The largest absolute Gasteiger partial charge is 0.507 e. The molecule has 0 fully saturated rings. The van der Waals surface area contributed by atoms with Crippen LogP contribution < -0.4 is 0 Å². The number of phenolic OH excluding ortho intramolecular Hbond substituents is 1. The van der Waals surface area contributed by atoms with Gasteiger partial charge in [0.1, 0.15) is 22.7 Å². The second-order valence-electron chi connectivity index (χ2n) is 7.99. The summed E-state index contributed by atoms with van der Waals surface area (Å²) in [6.07, 6.45) is 1.62. The molecule has 2 heterocycles. The number of phenols is 1. The van der Waals surface area contributed by atoms with Crippen molar-refractivity contribution in [1.82, 2.24) is 4.98 Å². The average Bonchev–Trinajstić information content (AvgIpc) is 3.18. The number of aromatic hydroxyl groups is 1. The number of para-hydroxylation sites is 2. The summed E-state index contributed by atoms with van der Waals surface area (Å²) in [7, 11) is 0. The van der Waals surface area contributed by atoms with Crippen LogP contribution in [0.3, 0.4) is 0 Å².